The van der Waals surface area contributed by atoms with Gasteiger partial charge in [-0.25, -0.2) is 0 Å². The summed E-state index contributed by atoms with van der Waals surface area (Å²) in [5, 5.41) is 0. The van der Waals surface area contributed by atoms with Crippen LogP contribution in [0, 0.1) is 0 Å². The Kier molecular flexibility index (Phi) is 3.85. The lowest BCUT2D eigenvalue weighted by Gasteiger charge is -2.16. The van der Waals surface area contributed by atoms with Crippen LogP contribution in [0.5, 0.6) is 5.75 Å². The van der Waals surface area contributed by atoms with Crippen molar-refractivity contribution in [2.45, 2.75) is 19.1 Å². The van der Waals surface area contributed by atoms with Crippen LogP contribution in [-0.2, 0) is 6.18 Å². The molecule has 1 unspecified atom stereocenters. The van der Waals surface area contributed by atoms with Crippen molar-refractivity contribution in [1.82, 2.24) is 0 Å². The molecule has 0 aliphatic heterocycles. The first-order valence-electron chi connectivity index (χ1n) is 4.47. The van der Waals surface area contributed by atoms with Crippen molar-refractivity contribution in [2.24, 2.45) is 5.73 Å². The highest BCUT2D eigenvalue weighted by Gasteiger charge is 2.32. The van der Waals surface area contributed by atoms with Crippen LogP contribution in [-0.4, -0.2) is 7.11 Å². The zero-order valence-electron chi connectivity index (χ0n) is 8.73. The van der Waals surface area contributed by atoms with E-state index in [1.54, 1.807) is 6.92 Å². The minimum absolute atomic E-state index is 0.136. The number of hydrogen-bond donors (Lipinski definition) is 1. The molecule has 1 atom stereocenters. The summed E-state index contributed by atoms with van der Waals surface area (Å²) in [5.74, 6) is 0.136. The molecule has 0 amide bonds. The number of hydrogen-bond acceptors (Lipinski definition) is 2. The zero-order chi connectivity index (χ0) is 12.5. The minimum atomic E-state index is -4.40. The smallest absolute Gasteiger partial charge is 0.416 e. The van der Waals surface area contributed by atoms with Crippen LogP contribution in [0.3, 0.4) is 0 Å². The summed E-state index contributed by atoms with van der Waals surface area (Å²) in [7, 11) is 1.31. The number of nitrogens with two attached hydrogens (primary N) is 1. The van der Waals surface area contributed by atoms with E-state index in [-0.39, 0.29) is 5.75 Å². The minimum Gasteiger partial charge on any atom is -0.496 e. The number of ether oxygens (including phenoxy) is 1. The molecule has 0 bridgehead atoms. The average Bonchev–Trinajstić information content (AvgIpc) is 2.14. The van der Waals surface area contributed by atoms with Gasteiger partial charge < -0.3 is 10.5 Å². The van der Waals surface area contributed by atoms with Crippen molar-refractivity contribution in [3.8, 4) is 5.75 Å². The molecule has 1 rings (SSSR count). The maximum absolute atomic E-state index is 12.5. The molecule has 0 aliphatic carbocycles. The largest absolute Gasteiger partial charge is 0.496 e. The fourth-order valence-electron chi connectivity index (χ4n) is 1.37. The Hall–Kier alpha value is -0.750. The van der Waals surface area contributed by atoms with E-state index in [1.807, 2.05) is 0 Å². The van der Waals surface area contributed by atoms with Gasteiger partial charge in [0.2, 0.25) is 0 Å². The highest BCUT2D eigenvalue weighted by atomic mass is 79.9. The van der Waals surface area contributed by atoms with Crippen LogP contribution < -0.4 is 10.5 Å². The molecule has 1 aromatic rings. The molecule has 0 saturated carbocycles. The van der Waals surface area contributed by atoms with Crippen LogP contribution in [0.1, 0.15) is 24.1 Å². The Balaban J connectivity index is 3.38. The molecule has 0 radical (unpaired) electrons. The predicted molar refractivity (Wildman–Crippen MR) is 58.3 cm³/mol. The molecule has 0 fully saturated rings. The van der Waals surface area contributed by atoms with E-state index in [4.69, 9.17) is 10.5 Å². The number of methoxy groups -OCH3 is 1. The highest BCUT2D eigenvalue weighted by molar-refractivity contribution is 9.10. The van der Waals surface area contributed by atoms with Gasteiger partial charge in [-0.05, 0) is 19.1 Å². The molecule has 0 aromatic heterocycles. The van der Waals surface area contributed by atoms with Crippen LogP contribution in [0.25, 0.3) is 0 Å². The fourth-order valence-corrected chi connectivity index (χ4v) is 2.17. The third-order valence-corrected chi connectivity index (χ3v) is 2.75. The molecular weight excluding hydrogens is 287 g/mol. The van der Waals surface area contributed by atoms with E-state index in [0.29, 0.717) is 10.0 Å². The van der Waals surface area contributed by atoms with Gasteiger partial charge in [0, 0.05) is 16.1 Å². The second-order valence-corrected chi connectivity index (χ2v) is 4.21. The van der Waals surface area contributed by atoms with E-state index < -0.39 is 17.8 Å². The van der Waals surface area contributed by atoms with Crippen molar-refractivity contribution in [3.05, 3.63) is 27.7 Å². The molecule has 16 heavy (non-hydrogen) atoms. The van der Waals surface area contributed by atoms with E-state index in [0.717, 1.165) is 12.1 Å². The Morgan fingerprint density at radius 3 is 2.31 bits per heavy atom. The van der Waals surface area contributed by atoms with Gasteiger partial charge in [0.25, 0.3) is 0 Å². The summed E-state index contributed by atoms with van der Waals surface area (Å²) in [5.41, 5.74) is 5.42. The van der Waals surface area contributed by atoms with Crippen molar-refractivity contribution < 1.29 is 17.9 Å². The second-order valence-electron chi connectivity index (χ2n) is 3.36. The summed E-state index contributed by atoms with van der Waals surface area (Å²) in [6.07, 6.45) is -4.40. The highest BCUT2D eigenvalue weighted by Crippen LogP contribution is 2.38. The first-order chi connectivity index (χ1) is 7.27. The third kappa shape index (κ3) is 2.68. The van der Waals surface area contributed by atoms with E-state index >= 15 is 0 Å². The lowest BCUT2D eigenvalue weighted by Crippen LogP contribution is -2.11. The fraction of sp³-hybridized carbons (Fsp3) is 0.400. The van der Waals surface area contributed by atoms with Crippen molar-refractivity contribution in [2.75, 3.05) is 7.11 Å². The molecule has 6 heteroatoms. The van der Waals surface area contributed by atoms with Crippen LogP contribution in [0.15, 0.2) is 16.6 Å². The van der Waals surface area contributed by atoms with Crippen LogP contribution >= 0.6 is 15.9 Å². The third-order valence-electron chi connectivity index (χ3n) is 2.09. The number of benzene rings is 1. The van der Waals surface area contributed by atoms with Gasteiger partial charge in [0.05, 0.1) is 12.7 Å². The molecule has 1 aromatic carbocycles. The topological polar surface area (TPSA) is 35.2 Å². The van der Waals surface area contributed by atoms with Crippen molar-refractivity contribution >= 4 is 15.9 Å². The van der Waals surface area contributed by atoms with Gasteiger partial charge in [-0.3, -0.25) is 0 Å². The molecule has 0 heterocycles. The Bertz CT molecular complexity index is 390. The molecule has 0 spiro atoms. The van der Waals surface area contributed by atoms with Gasteiger partial charge in [0.15, 0.2) is 0 Å². The van der Waals surface area contributed by atoms with Crippen LogP contribution in [0.2, 0.25) is 0 Å². The van der Waals surface area contributed by atoms with Gasteiger partial charge in [0.1, 0.15) is 5.75 Å². The summed E-state index contributed by atoms with van der Waals surface area (Å²) < 4.78 is 42.7. The maximum atomic E-state index is 12.5. The monoisotopic (exact) mass is 297 g/mol. The SMILES string of the molecule is COc1cc(C(F)(F)F)cc(Br)c1C(C)N. The molecule has 0 aliphatic rings. The first kappa shape index (κ1) is 13.3. The van der Waals surface area contributed by atoms with E-state index in [2.05, 4.69) is 15.9 Å². The van der Waals surface area contributed by atoms with Gasteiger partial charge in [-0.2, -0.15) is 13.2 Å². The molecule has 0 saturated heterocycles. The molecule has 2 nitrogen and oxygen atoms in total. The Labute approximate surface area is 99.7 Å². The van der Waals surface area contributed by atoms with Crippen molar-refractivity contribution in [3.63, 3.8) is 0 Å². The standard InChI is InChI=1S/C10H11BrF3NO/c1-5(15)9-7(11)3-6(10(12,13)14)4-8(9)16-2/h3-5H,15H2,1-2H3. The van der Waals surface area contributed by atoms with Gasteiger partial charge >= 0.3 is 6.18 Å². The Morgan fingerprint density at radius 2 is 1.94 bits per heavy atom. The number of halogens is 4. The summed E-state index contributed by atoms with van der Waals surface area (Å²) in [6.45, 7) is 1.68. The van der Waals surface area contributed by atoms with E-state index in [9.17, 15) is 13.2 Å². The number of alkyl halides is 3. The van der Waals surface area contributed by atoms with E-state index in [1.165, 1.54) is 7.11 Å². The molecule has 90 valence electrons. The summed E-state index contributed by atoms with van der Waals surface area (Å²) in [4.78, 5) is 0. The lowest BCUT2D eigenvalue weighted by atomic mass is 10.0. The molecular formula is C10H11BrF3NO. The Morgan fingerprint density at radius 1 is 1.38 bits per heavy atom. The normalized spacial score (nSPS) is 13.7. The number of rotatable bonds is 2. The molecule has 2 N–H and O–H groups in total. The van der Waals surface area contributed by atoms with Crippen molar-refractivity contribution in [1.29, 1.82) is 0 Å². The quantitative estimate of drug-likeness (QED) is 0.907. The lowest BCUT2D eigenvalue weighted by molar-refractivity contribution is -0.137. The maximum Gasteiger partial charge on any atom is 0.416 e. The second kappa shape index (κ2) is 4.63. The average molecular weight is 298 g/mol. The zero-order valence-corrected chi connectivity index (χ0v) is 10.3. The first-order valence-corrected chi connectivity index (χ1v) is 5.27. The van der Waals surface area contributed by atoms with Gasteiger partial charge in [-0.15, -0.1) is 0 Å². The summed E-state index contributed by atoms with van der Waals surface area (Å²) >= 11 is 3.07. The van der Waals surface area contributed by atoms with Crippen LogP contribution in [0.4, 0.5) is 13.2 Å². The predicted octanol–water partition coefficient (Wildman–Crippen LogP) is 3.50. The summed E-state index contributed by atoms with van der Waals surface area (Å²) in [6, 6.07) is 1.54. The van der Waals surface area contributed by atoms with Gasteiger partial charge in [-0.1, -0.05) is 15.9 Å².